The molecule has 2 aromatic carbocycles. The molecule has 0 aromatic heterocycles. The van der Waals surface area contributed by atoms with Crippen LogP contribution in [0.4, 0.5) is 0 Å². The first kappa shape index (κ1) is 20.0. The number of hydrogen-bond acceptors (Lipinski definition) is 4. The number of amides is 2. The molecule has 146 valence electrons. The largest absolute Gasteiger partial charge is 0.369 e. The van der Waals surface area contributed by atoms with E-state index in [4.69, 9.17) is 17.3 Å². The zero-order valence-corrected chi connectivity index (χ0v) is 16.1. The van der Waals surface area contributed by atoms with Crippen LogP contribution in [0.2, 0.25) is 5.02 Å². The molecule has 6 nitrogen and oxygen atoms in total. The molecule has 0 aliphatic carbocycles. The Balaban J connectivity index is 1.69. The molecule has 2 amide bonds. The molecule has 0 unspecified atom stereocenters. The highest BCUT2D eigenvalue weighted by atomic mass is 35.5. The van der Waals surface area contributed by atoms with E-state index < -0.39 is 0 Å². The summed E-state index contributed by atoms with van der Waals surface area (Å²) in [5, 5.41) is 3.56. The molecule has 7 heteroatoms. The van der Waals surface area contributed by atoms with Crippen LogP contribution >= 0.6 is 11.6 Å². The van der Waals surface area contributed by atoms with Crippen LogP contribution < -0.4 is 11.1 Å². The number of ketones is 1. The number of hydrogen-bond donors (Lipinski definition) is 2. The van der Waals surface area contributed by atoms with Crippen LogP contribution in [0.5, 0.6) is 0 Å². The van der Waals surface area contributed by atoms with Crippen LogP contribution in [0.15, 0.2) is 48.5 Å². The second-order valence-electron chi connectivity index (χ2n) is 6.87. The summed E-state index contributed by atoms with van der Waals surface area (Å²) in [4.78, 5) is 38.7. The van der Waals surface area contributed by atoms with Gasteiger partial charge in [-0.05, 0) is 43.2 Å². The normalized spacial score (nSPS) is 15.2. The van der Waals surface area contributed by atoms with Crippen LogP contribution in [0, 0.1) is 0 Å². The topological polar surface area (TPSA) is 92.5 Å². The van der Waals surface area contributed by atoms with E-state index >= 15 is 0 Å². The molecule has 0 saturated carbocycles. The van der Waals surface area contributed by atoms with Crippen molar-refractivity contribution in [1.29, 1.82) is 0 Å². The first-order chi connectivity index (χ1) is 13.4. The third-order valence-electron chi connectivity index (χ3n) is 4.82. The second-order valence-corrected chi connectivity index (χ2v) is 7.31. The van der Waals surface area contributed by atoms with Crippen LogP contribution in [0.25, 0.3) is 0 Å². The van der Waals surface area contributed by atoms with Crippen molar-refractivity contribution >= 4 is 29.2 Å². The number of carbonyl (C=O) groups is 3. The van der Waals surface area contributed by atoms with E-state index in [0.717, 1.165) is 12.8 Å². The molecule has 3 N–H and O–H groups in total. The van der Waals surface area contributed by atoms with E-state index in [9.17, 15) is 14.4 Å². The first-order valence-electron chi connectivity index (χ1n) is 9.15. The predicted molar refractivity (Wildman–Crippen MR) is 107 cm³/mol. The Morgan fingerprint density at radius 3 is 2.21 bits per heavy atom. The van der Waals surface area contributed by atoms with Gasteiger partial charge in [0.25, 0.3) is 5.91 Å². The van der Waals surface area contributed by atoms with Crippen molar-refractivity contribution in [3.05, 3.63) is 70.2 Å². The third-order valence-corrected chi connectivity index (χ3v) is 5.08. The highest BCUT2D eigenvalue weighted by molar-refractivity contribution is 6.30. The third kappa shape index (κ3) is 4.97. The Labute approximate surface area is 168 Å². The van der Waals surface area contributed by atoms with Crippen molar-refractivity contribution in [2.75, 3.05) is 19.6 Å². The quantitative estimate of drug-likeness (QED) is 0.728. The van der Waals surface area contributed by atoms with Gasteiger partial charge in [-0.1, -0.05) is 29.8 Å². The standard InChI is InChI=1S/C21H22ClN3O3/c22-15-7-5-14(6-8-15)20(27)17-3-1-2-4-18(17)21(28)24-16-9-11-25(12-10-16)13-19(23)26/h1-8,16H,9-13H2,(H2,23,26)(H,24,28). The Morgan fingerprint density at radius 2 is 1.61 bits per heavy atom. The molecule has 1 heterocycles. The maximum atomic E-state index is 12.8. The van der Waals surface area contributed by atoms with Gasteiger partial charge in [0.1, 0.15) is 0 Å². The lowest BCUT2D eigenvalue weighted by molar-refractivity contribution is -0.119. The van der Waals surface area contributed by atoms with Crippen molar-refractivity contribution in [2.24, 2.45) is 5.73 Å². The number of benzene rings is 2. The number of primary amides is 1. The summed E-state index contributed by atoms with van der Waals surface area (Å²) in [5.41, 5.74) is 6.41. The average Bonchev–Trinajstić information content (AvgIpc) is 2.69. The van der Waals surface area contributed by atoms with Crippen LogP contribution in [-0.4, -0.2) is 48.2 Å². The van der Waals surface area contributed by atoms with Crippen LogP contribution in [0.1, 0.15) is 39.1 Å². The molecule has 2 aromatic rings. The zero-order valence-electron chi connectivity index (χ0n) is 15.4. The van der Waals surface area contributed by atoms with E-state index in [1.807, 2.05) is 4.90 Å². The van der Waals surface area contributed by atoms with Gasteiger partial charge < -0.3 is 11.1 Å². The minimum Gasteiger partial charge on any atom is -0.369 e. The molecule has 0 radical (unpaired) electrons. The van der Waals surface area contributed by atoms with Crippen molar-refractivity contribution in [2.45, 2.75) is 18.9 Å². The lowest BCUT2D eigenvalue weighted by Gasteiger charge is -2.31. The number of rotatable bonds is 6. The maximum absolute atomic E-state index is 12.8. The number of piperidine rings is 1. The Hall–Kier alpha value is -2.70. The van der Waals surface area contributed by atoms with E-state index in [1.165, 1.54) is 0 Å². The van der Waals surface area contributed by atoms with Gasteiger partial charge in [0.2, 0.25) is 5.91 Å². The van der Waals surface area contributed by atoms with Gasteiger partial charge in [0.15, 0.2) is 5.78 Å². The van der Waals surface area contributed by atoms with Gasteiger partial charge in [-0.25, -0.2) is 0 Å². The van der Waals surface area contributed by atoms with Gasteiger partial charge in [0.05, 0.1) is 12.1 Å². The summed E-state index contributed by atoms with van der Waals surface area (Å²) in [6, 6.07) is 13.4. The van der Waals surface area contributed by atoms with Crippen molar-refractivity contribution in [3.8, 4) is 0 Å². The molecular weight excluding hydrogens is 378 g/mol. The Bertz CT molecular complexity index is 875. The maximum Gasteiger partial charge on any atom is 0.252 e. The summed E-state index contributed by atoms with van der Waals surface area (Å²) >= 11 is 5.89. The molecule has 1 fully saturated rings. The molecular formula is C21H22ClN3O3. The molecule has 0 atom stereocenters. The number of carbonyl (C=O) groups excluding carboxylic acids is 3. The van der Waals surface area contributed by atoms with Crippen molar-refractivity contribution < 1.29 is 14.4 Å². The highest BCUT2D eigenvalue weighted by Crippen LogP contribution is 2.18. The summed E-state index contributed by atoms with van der Waals surface area (Å²) in [5.74, 6) is -0.845. The minimum atomic E-state index is -0.350. The monoisotopic (exact) mass is 399 g/mol. The van der Waals surface area contributed by atoms with Gasteiger partial charge in [-0.2, -0.15) is 0 Å². The predicted octanol–water partition coefficient (Wildman–Crippen LogP) is 2.25. The molecule has 1 aliphatic rings. The van der Waals surface area contributed by atoms with Crippen molar-refractivity contribution in [3.63, 3.8) is 0 Å². The van der Waals surface area contributed by atoms with Gasteiger partial charge in [-0.3, -0.25) is 19.3 Å². The second kappa shape index (κ2) is 8.99. The average molecular weight is 400 g/mol. The number of nitrogens with zero attached hydrogens (tertiary/aromatic N) is 1. The molecule has 0 spiro atoms. The van der Waals surface area contributed by atoms with Gasteiger partial charge >= 0.3 is 0 Å². The number of nitrogens with one attached hydrogen (secondary N) is 1. The lowest BCUT2D eigenvalue weighted by atomic mass is 9.97. The van der Waals surface area contributed by atoms with Crippen molar-refractivity contribution in [1.82, 2.24) is 10.2 Å². The summed E-state index contributed by atoms with van der Waals surface area (Å²) in [6.45, 7) is 1.62. The SMILES string of the molecule is NC(=O)CN1CCC(NC(=O)c2ccccc2C(=O)c2ccc(Cl)cc2)CC1. The lowest BCUT2D eigenvalue weighted by Crippen LogP contribution is -2.46. The molecule has 1 saturated heterocycles. The summed E-state index contributed by atoms with van der Waals surface area (Å²) < 4.78 is 0. The molecule has 3 rings (SSSR count). The Kier molecular flexibility index (Phi) is 6.44. The number of likely N-dealkylation sites (tertiary alicyclic amines) is 1. The summed E-state index contributed by atoms with van der Waals surface area (Å²) in [7, 11) is 0. The van der Waals surface area contributed by atoms with Gasteiger partial charge in [0, 0.05) is 35.3 Å². The fourth-order valence-corrected chi connectivity index (χ4v) is 3.48. The minimum absolute atomic E-state index is 0.00434. The molecule has 1 aliphatic heterocycles. The fraction of sp³-hybridized carbons (Fsp3) is 0.286. The highest BCUT2D eigenvalue weighted by Gasteiger charge is 2.24. The zero-order chi connectivity index (χ0) is 20.1. The first-order valence-corrected chi connectivity index (χ1v) is 9.52. The number of nitrogens with two attached hydrogens (primary N) is 1. The fourth-order valence-electron chi connectivity index (χ4n) is 3.35. The van der Waals surface area contributed by atoms with E-state index in [-0.39, 0.29) is 30.2 Å². The molecule has 28 heavy (non-hydrogen) atoms. The van der Waals surface area contributed by atoms with Crippen LogP contribution in [0.3, 0.4) is 0 Å². The number of halogens is 1. The van der Waals surface area contributed by atoms with E-state index in [2.05, 4.69) is 5.32 Å². The van der Waals surface area contributed by atoms with Crippen LogP contribution in [-0.2, 0) is 4.79 Å². The Morgan fingerprint density at radius 1 is 1.00 bits per heavy atom. The van der Waals surface area contributed by atoms with Gasteiger partial charge in [-0.15, -0.1) is 0 Å². The van der Waals surface area contributed by atoms with E-state index in [0.29, 0.717) is 34.8 Å². The smallest absolute Gasteiger partial charge is 0.252 e. The molecule has 0 bridgehead atoms. The van der Waals surface area contributed by atoms with E-state index in [1.54, 1.807) is 48.5 Å². The summed E-state index contributed by atoms with van der Waals surface area (Å²) in [6.07, 6.45) is 1.46.